The smallest absolute Gasteiger partial charge is 0.262 e. The summed E-state index contributed by atoms with van der Waals surface area (Å²) in [6.45, 7) is 7.47. The minimum Gasteiger partial charge on any atom is -0.349 e. The lowest BCUT2D eigenvalue weighted by Gasteiger charge is -2.20. The normalized spacial score (nSPS) is 13.4. The first-order chi connectivity index (χ1) is 13.8. The Kier molecular flexibility index (Phi) is 6.37. The van der Waals surface area contributed by atoms with Gasteiger partial charge in [0.05, 0.1) is 22.2 Å². The predicted octanol–water partition coefficient (Wildman–Crippen LogP) is 4.47. The van der Waals surface area contributed by atoms with Gasteiger partial charge in [-0.15, -0.1) is 0 Å². The second-order valence-corrected chi connectivity index (χ2v) is 8.53. The number of nitrogens with zero attached hydrogens (tertiary/aromatic N) is 2. The Morgan fingerprint density at radius 1 is 1.07 bits per heavy atom. The van der Waals surface area contributed by atoms with Crippen molar-refractivity contribution in [1.29, 1.82) is 0 Å². The van der Waals surface area contributed by atoms with E-state index >= 15 is 0 Å². The lowest BCUT2D eigenvalue weighted by molar-refractivity contribution is -0.120. The summed E-state index contributed by atoms with van der Waals surface area (Å²) in [5, 5.41) is 3.55. The van der Waals surface area contributed by atoms with Crippen LogP contribution in [0.4, 0.5) is 4.39 Å². The van der Waals surface area contributed by atoms with Crippen LogP contribution in [0.2, 0.25) is 0 Å². The van der Waals surface area contributed by atoms with Crippen LogP contribution in [0.25, 0.3) is 10.9 Å². The molecule has 0 aliphatic rings. The van der Waals surface area contributed by atoms with Crippen molar-refractivity contribution in [3.05, 3.63) is 70.3 Å². The van der Waals surface area contributed by atoms with Crippen molar-refractivity contribution < 1.29 is 9.18 Å². The van der Waals surface area contributed by atoms with Gasteiger partial charge in [0.1, 0.15) is 5.82 Å². The van der Waals surface area contributed by atoms with Crippen LogP contribution in [0.1, 0.15) is 45.3 Å². The minimum atomic E-state index is -0.462. The monoisotopic (exact) mass is 413 g/mol. The lowest BCUT2D eigenvalue weighted by Crippen LogP contribution is -2.34. The molecule has 7 heteroatoms. The zero-order valence-electron chi connectivity index (χ0n) is 16.8. The molecule has 0 fully saturated rings. The van der Waals surface area contributed by atoms with Crippen molar-refractivity contribution in [2.75, 3.05) is 0 Å². The Hall–Kier alpha value is -2.67. The van der Waals surface area contributed by atoms with E-state index in [2.05, 4.69) is 10.3 Å². The highest BCUT2D eigenvalue weighted by molar-refractivity contribution is 8.00. The Balaban J connectivity index is 1.82. The topological polar surface area (TPSA) is 64.0 Å². The first kappa shape index (κ1) is 21.0. The molecule has 0 bridgehead atoms. The van der Waals surface area contributed by atoms with Crippen LogP contribution in [0.15, 0.2) is 58.5 Å². The van der Waals surface area contributed by atoms with E-state index in [1.807, 2.05) is 32.9 Å². The van der Waals surface area contributed by atoms with E-state index in [1.165, 1.54) is 23.9 Å². The summed E-state index contributed by atoms with van der Waals surface area (Å²) < 4.78 is 14.7. The highest BCUT2D eigenvalue weighted by Crippen LogP contribution is 2.25. The van der Waals surface area contributed by atoms with Crippen LogP contribution in [0, 0.1) is 5.82 Å². The molecule has 2 atom stereocenters. The number of para-hydroxylation sites is 1. The van der Waals surface area contributed by atoms with Gasteiger partial charge in [-0.25, -0.2) is 9.37 Å². The summed E-state index contributed by atoms with van der Waals surface area (Å²) in [5.41, 5.74) is 1.32. The number of hydrogen-bond acceptors (Lipinski definition) is 4. The van der Waals surface area contributed by atoms with E-state index < -0.39 is 5.25 Å². The van der Waals surface area contributed by atoms with Crippen LogP contribution >= 0.6 is 11.8 Å². The van der Waals surface area contributed by atoms with E-state index in [9.17, 15) is 14.0 Å². The Morgan fingerprint density at radius 2 is 1.72 bits per heavy atom. The standard InChI is InChI=1S/C22H24FN3O2S/c1-13(2)26-21(28)18-7-5-6-8-19(18)25-22(26)29-15(4)20(27)24-14(3)16-9-11-17(23)12-10-16/h5-15H,1-4H3,(H,24,27). The number of fused-ring (bicyclic) bond motifs is 1. The molecule has 29 heavy (non-hydrogen) atoms. The molecule has 2 aromatic carbocycles. The molecule has 3 aromatic rings. The van der Waals surface area contributed by atoms with Gasteiger partial charge in [0.2, 0.25) is 5.91 Å². The van der Waals surface area contributed by atoms with E-state index in [4.69, 9.17) is 0 Å². The Bertz CT molecular complexity index is 1080. The van der Waals surface area contributed by atoms with Crippen molar-refractivity contribution >= 4 is 28.6 Å². The molecule has 1 aromatic heterocycles. The molecule has 152 valence electrons. The third-order valence-electron chi connectivity index (χ3n) is 4.67. The number of aromatic nitrogens is 2. The van der Waals surface area contributed by atoms with Crippen LogP contribution in [0.5, 0.6) is 0 Å². The fourth-order valence-corrected chi connectivity index (χ4v) is 4.09. The predicted molar refractivity (Wildman–Crippen MR) is 115 cm³/mol. The maximum atomic E-state index is 13.1. The van der Waals surface area contributed by atoms with Crippen LogP contribution in [-0.4, -0.2) is 20.7 Å². The maximum Gasteiger partial charge on any atom is 0.262 e. The number of amides is 1. The highest BCUT2D eigenvalue weighted by atomic mass is 32.2. The third-order valence-corrected chi connectivity index (χ3v) is 5.74. The van der Waals surface area contributed by atoms with Gasteiger partial charge >= 0.3 is 0 Å². The van der Waals surface area contributed by atoms with Gasteiger partial charge in [-0.3, -0.25) is 14.2 Å². The largest absolute Gasteiger partial charge is 0.349 e. The number of carbonyl (C=O) groups excluding carboxylic acids is 1. The fraction of sp³-hybridized carbons (Fsp3) is 0.318. The van der Waals surface area contributed by atoms with E-state index in [0.717, 1.165) is 5.56 Å². The summed E-state index contributed by atoms with van der Waals surface area (Å²) in [6.07, 6.45) is 0. The molecular weight excluding hydrogens is 389 g/mol. The molecule has 1 amide bonds. The molecule has 0 spiro atoms. The average Bonchev–Trinajstić information content (AvgIpc) is 2.68. The zero-order valence-corrected chi connectivity index (χ0v) is 17.7. The molecule has 1 heterocycles. The molecule has 0 radical (unpaired) electrons. The zero-order chi connectivity index (χ0) is 21.1. The molecular formula is C22H24FN3O2S. The number of nitrogens with one attached hydrogen (secondary N) is 1. The second-order valence-electron chi connectivity index (χ2n) is 7.22. The van der Waals surface area contributed by atoms with Crippen molar-refractivity contribution in [3.8, 4) is 0 Å². The quantitative estimate of drug-likeness (QED) is 0.478. The van der Waals surface area contributed by atoms with E-state index in [0.29, 0.717) is 16.1 Å². The summed E-state index contributed by atoms with van der Waals surface area (Å²) in [6, 6.07) is 12.9. The van der Waals surface area contributed by atoms with Gasteiger partial charge in [-0.1, -0.05) is 36.0 Å². The molecule has 2 unspecified atom stereocenters. The minimum absolute atomic E-state index is 0.0875. The number of thioether (sulfide) groups is 1. The number of carbonyl (C=O) groups is 1. The first-order valence-corrected chi connectivity index (χ1v) is 10.4. The lowest BCUT2D eigenvalue weighted by atomic mass is 10.1. The van der Waals surface area contributed by atoms with Gasteiger partial charge in [0.15, 0.2) is 5.16 Å². The fourth-order valence-electron chi connectivity index (χ4n) is 3.04. The number of hydrogen-bond donors (Lipinski definition) is 1. The molecule has 0 saturated heterocycles. The molecule has 5 nitrogen and oxygen atoms in total. The van der Waals surface area contributed by atoms with Crippen molar-refractivity contribution in [2.45, 2.75) is 50.2 Å². The average molecular weight is 414 g/mol. The van der Waals surface area contributed by atoms with Gasteiger partial charge in [0, 0.05) is 6.04 Å². The van der Waals surface area contributed by atoms with Gasteiger partial charge in [-0.05, 0) is 57.5 Å². The third kappa shape index (κ3) is 4.67. The number of halogens is 1. The maximum absolute atomic E-state index is 13.1. The molecule has 1 N–H and O–H groups in total. The summed E-state index contributed by atoms with van der Waals surface area (Å²) >= 11 is 1.26. The summed E-state index contributed by atoms with van der Waals surface area (Å²) in [5.74, 6) is -0.491. The first-order valence-electron chi connectivity index (χ1n) is 9.51. The molecule has 3 rings (SSSR count). The Morgan fingerprint density at radius 3 is 2.38 bits per heavy atom. The van der Waals surface area contributed by atoms with Crippen molar-refractivity contribution in [3.63, 3.8) is 0 Å². The molecule has 0 saturated carbocycles. The van der Waals surface area contributed by atoms with Gasteiger partial charge in [0.25, 0.3) is 5.56 Å². The van der Waals surface area contributed by atoms with E-state index in [-0.39, 0.29) is 29.4 Å². The van der Waals surface area contributed by atoms with Crippen molar-refractivity contribution in [1.82, 2.24) is 14.9 Å². The number of benzene rings is 2. The highest BCUT2D eigenvalue weighted by Gasteiger charge is 2.22. The van der Waals surface area contributed by atoms with Crippen LogP contribution in [-0.2, 0) is 4.79 Å². The summed E-state index contributed by atoms with van der Waals surface area (Å²) in [7, 11) is 0. The molecule has 0 aliphatic heterocycles. The number of rotatable bonds is 6. The Labute approximate surface area is 173 Å². The molecule has 0 aliphatic carbocycles. The SMILES string of the molecule is CC(Sc1nc2ccccc2c(=O)n1C(C)C)C(=O)NC(C)c1ccc(F)cc1. The van der Waals surface area contributed by atoms with Crippen LogP contribution < -0.4 is 10.9 Å². The van der Waals surface area contributed by atoms with Gasteiger partial charge in [-0.2, -0.15) is 0 Å². The second kappa shape index (κ2) is 8.78. The summed E-state index contributed by atoms with van der Waals surface area (Å²) in [4.78, 5) is 30.2. The van der Waals surface area contributed by atoms with Crippen molar-refractivity contribution in [2.24, 2.45) is 0 Å². The van der Waals surface area contributed by atoms with Crippen LogP contribution in [0.3, 0.4) is 0 Å². The van der Waals surface area contributed by atoms with E-state index in [1.54, 1.807) is 35.8 Å². The van der Waals surface area contributed by atoms with Gasteiger partial charge < -0.3 is 5.32 Å².